The fourth-order valence-corrected chi connectivity index (χ4v) is 5.45. The van der Waals surface area contributed by atoms with Crippen LogP contribution in [0.25, 0.3) is 0 Å². The monoisotopic (exact) mass is 396 g/mol. The van der Waals surface area contributed by atoms with Gasteiger partial charge in [-0.2, -0.15) is 0 Å². The topological polar surface area (TPSA) is 81.8 Å². The van der Waals surface area contributed by atoms with Gasteiger partial charge in [-0.1, -0.05) is 12.1 Å². The summed E-state index contributed by atoms with van der Waals surface area (Å²) in [6.45, 7) is 5.98. The molecule has 3 fully saturated rings. The summed E-state index contributed by atoms with van der Waals surface area (Å²) in [5.74, 6) is 0.905. The van der Waals surface area contributed by atoms with Crippen LogP contribution in [0.5, 0.6) is 0 Å². The summed E-state index contributed by atoms with van der Waals surface area (Å²) < 4.78 is 0. The van der Waals surface area contributed by atoms with Crippen molar-refractivity contribution in [3.05, 3.63) is 34.9 Å². The Morgan fingerprint density at radius 1 is 1.07 bits per heavy atom. The molecule has 3 atom stereocenters. The van der Waals surface area contributed by atoms with Crippen molar-refractivity contribution in [1.82, 2.24) is 20.4 Å². The molecule has 7 heteroatoms. The second-order valence-corrected chi connectivity index (χ2v) is 8.93. The number of amides is 3. The third kappa shape index (κ3) is 3.57. The van der Waals surface area contributed by atoms with Crippen molar-refractivity contribution in [3.8, 4) is 0 Å². The molecule has 0 radical (unpaired) electrons. The Balaban J connectivity index is 1.24. The lowest BCUT2D eigenvalue weighted by molar-refractivity contribution is -0.136. The molecule has 3 amide bonds. The van der Waals surface area contributed by atoms with Crippen LogP contribution in [-0.4, -0.2) is 59.7 Å². The molecule has 4 aliphatic rings. The van der Waals surface area contributed by atoms with E-state index in [0.29, 0.717) is 18.5 Å². The van der Waals surface area contributed by atoms with Crippen LogP contribution >= 0.6 is 0 Å². The van der Waals surface area contributed by atoms with Crippen LogP contribution in [0.15, 0.2) is 18.2 Å². The van der Waals surface area contributed by atoms with E-state index in [0.717, 1.165) is 50.1 Å². The molecule has 0 aromatic heterocycles. The van der Waals surface area contributed by atoms with Gasteiger partial charge in [0.05, 0.1) is 0 Å². The summed E-state index contributed by atoms with van der Waals surface area (Å²) in [5.41, 5.74) is 2.91. The lowest BCUT2D eigenvalue weighted by atomic mass is 9.91. The van der Waals surface area contributed by atoms with Crippen LogP contribution in [0, 0.1) is 11.8 Å². The molecule has 4 heterocycles. The Morgan fingerprint density at radius 3 is 2.76 bits per heavy atom. The van der Waals surface area contributed by atoms with E-state index >= 15 is 0 Å². The summed E-state index contributed by atoms with van der Waals surface area (Å²) in [6.07, 6.45) is 3.27. The fourth-order valence-electron chi connectivity index (χ4n) is 5.45. The number of hydrogen-bond acceptors (Lipinski definition) is 5. The van der Waals surface area contributed by atoms with Crippen LogP contribution in [-0.2, 0) is 22.7 Å². The van der Waals surface area contributed by atoms with Crippen LogP contribution in [0.1, 0.15) is 47.2 Å². The zero-order valence-corrected chi connectivity index (χ0v) is 16.7. The third-order valence-electron chi connectivity index (χ3n) is 7.07. The Labute approximate surface area is 170 Å². The molecule has 4 aliphatic heterocycles. The van der Waals surface area contributed by atoms with E-state index in [-0.39, 0.29) is 24.1 Å². The number of nitrogens with one attached hydrogen (secondary N) is 2. The molecule has 0 saturated carbocycles. The van der Waals surface area contributed by atoms with Crippen LogP contribution < -0.4 is 10.6 Å². The number of carbonyl (C=O) groups is 3. The maximum Gasteiger partial charge on any atom is 0.255 e. The molecule has 7 nitrogen and oxygen atoms in total. The van der Waals surface area contributed by atoms with E-state index in [2.05, 4.69) is 27.7 Å². The number of carbonyl (C=O) groups excluding carboxylic acids is 3. The zero-order valence-electron chi connectivity index (χ0n) is 16.7. The number of fused-ring (bicyclic) bond motifs is 1. The average Bonchev–Trinajstić information content (AvgIpc) is 3.43. The molecule has 154 valence electrons. The largest absolute Gasteiger partial charge is 0.322 e. The third-order valence-corrected chi connectivity index (χ3v) is 7.07. The van der Waals surface area contributed by atoms with Crippen molar-refractivity contribution < 1.29 is 14.4 Å². The smallest absolute Gasteiger partial charge is 0.255 e. The van der Waals surface area contributed by atoms with Crippen LogP contribution in [0.3, 0.4) is 0 Å². The second kappa shape index (κ2) is 7.54. The number of nitrogens with zero attached hydrogens (tertiary/aromatic N) is 2. The van der Waals surface area contributed by atoms with E-state index in [9.17, 15) is 14.4 Å². The lowest BCUT2D eigenvalue weighted by Gasteiger charge is -2.29. The fraction of sp³-hybridized carbons (Fsp3) is 0.591. The zero-order chi connectivity index (χ0) is 20.0. The van der Waals surface area contributed by atoms with Crippen LogP contribution in [0.4, 0.5) is 0 Å². The first kappa shape index (κ1) is 18.8. The van der Waals surface area contributed by atoms with Crippen molar-refractivity contribution in [2.45, 2.75) is 44.8 Å². The molecular formula is C22H28N4O3. The Bertz CT molecular complexity index is 848. The highest BCUT2D eigenvalue weighted by atomic mass is 16.2. The van der Waals surface area contributed by atoms with Gasteiger partial charge in [0.2, 0.25) is 11.8 Å². The molecular weight excluding hydrogens is 368 g/mol. The average molecular weight is 396 g/mol. The van der Waals surface area contributed by atoms with Crippen molar-refractivity contribution in [2.24, 2.45) is 11.8 Å². The standard InChI is InChI=1S/C22H28N4O3/c27-20-4-3-19(21(28)24-20)26-13-17-9-14(1-2-18(17)22(26)29)11-25-8-6-16(12-25)15-5-7-23-10-15/h1-2,9,15-16,19,23H,3-8,10-13H2,(H,24,27,28). The van der Waals surface area contributed by atoms with Gasteiger partial charge in [0, 0.05) is 31.6 Å². The minimum atomic E-state index is -0.546. The van der Waals surface area contributed by atoms with E-state index in [1.54, 1.807) is 4.90 Å². The minimum absolute atomic E-state index is 0.101. The van der Waals surface area contributed by atoms with Gasteiger partial charge >= 0.3 is 0 Å². The predicted octanol–water partition coefficient (Wildman–Crippen LogP) is 0.879. The van der Waals surface area contributed by atoms with Gasteiger partial charge in [0.1, 0.15) is 6.04 Å². The van der Waals surface area contributed by atoms with Gasteiger partial charge in [0.15, 0.2) is 0 Å². The van der Waals surface area contributed by atoms with E-state index < -0.39 is 6.04 Å². The first-order valence-electron chi connectivity index (χ1n) is 10.8. The molecule has 0 spiro atoms. The molecule has 2 N–H and O–H groups in total. The van der Waals surface area contributed by atoms with Crippen molar-refractivity contribution >= 4 is 17.7 Å². The summed E-state index contributed by atoms with van der Waals surface area (Å²) in [7, 11) is 0. The SMILES string of the molecule is O=C1CCC(N2Cc3cc(CN4CCC(C5CCNC5)C4)ccc3C2=O)C(=O)N1. The predicted molar refractivity (Wildman–Crippen MR) is 107 cm³/mol. The number of rotatable bonds is 4. The maximum atomic E-state index is 12.8. The highest BCUT2D eigenvalue weighted by molar-refractivity contribution is 6.05. The molecule has 5 rings (SSSR count). The second-order valence-electron chi connectivity index (χ2n) is 8.93. The molecule has 1 aromatic carbocycles. The Kier molecular flexibility index (Phi) is 4.87. The van der Waals surface area contributed by atoms with E-state index in [1.165, 1.54) is 18.4 Å². The van der Waals surface area contributed by atoms with Gasteiger partial charge in [-0.3, -0.25) is 24.6 Å². The van der Waals surface area contributed by atoms with Gasteiger partial charge in [-0.15, -0.1) is 0 Å². The Morgan fingerprint density at radius 2 is 1.97 bits per heavy atom. The quantitative estimate of drug-likeness (QED) is 0.739. The molecule has 3 saturated heterocycles. The summed E-state index contributed by atoms with van der Waals surface area (Å²) in [6, 6.07) is 5.54. The molecule has 29 heavy (non-hydrogen) atoms. The van der Waals surface area contributed by atoms with Gasteiger partial charge in [-0.05, 0) is 67.9 Å². The lowest BCUT2D eigenvalue weighted by Crippen LogP contribution is -2.52. The molecule has 1 aromatic rings. The summed E-state index contributed by atoms with van der Waals surface area (Å²) in [4.78, 5) is 40.6. The highest BCUT2D eigenvalue weighted by Gasteiger charge is 2.39. The summed E-state index contributed by atoms with van der Waals surface area (Å²) >= 11 is 0. The normalized spacial score (nSPS) is 30.1. The number of imide groups is 1. The summed E-state index contributed by atoms with van der Waals surface area (Å²) in [5, 5.41) is 5.84. The van der Waals surface area contributed by atoms with E-state index in [4.69, 9.17) is 0 Å². The number of likely N-dealkylation sites (tertiary alicyclic amines) is 1. The van der Waals surface area contributed by atoms with Gasteiger partial charge in [-0.25, -0.2) is 0 Å². The first-order valence-corrected chi connectivity index (χ1v) is 10.8. The minimum Gasteiger partial charge on any atom is -0.322 e. The van der Waals surface area contributed by atoms with Crippen molar-refractivity contribution in [2.75, 3.05) is 26.2 Å². The van der Waals surface area contributed by atoms with Gasteiger partial charge in [0.25, 0.3) is 5.91 Å². The Hall–Kier alpha value is -2.25. The maximum absolute atomic E-state index is 12.8. The molecule has 0 aliphatic carbocycles. The molecule has 3 unspecified atom stereocenters. The van der Waals surface area contributed by atoms with Crippen LogP contribution in [0.2, 0.25) is 0 Å². The van der Waals surface area contributed by atoms with Crippen molar-refractivity contribution in [1.29, 1.82) is 0 Å². The number of hydrogen-bond donors (Lipinski definition) is 2. The number of benzene rings is 1. The van der Waals surface area contributed by atoms with Gasteiger partial charge < -0.3 is 10.2 Å². The first-order chi connectivity index (χ1) is 14.1. The number of piperidine rings is 1. The van der Waals surface area contributed by atoms with Crippen molar-refractivity contribution in [3.63, 3.8) is 0 Å². The molecule has 0 bridgehead atoms. The highest BCUT2D eigenvalue weighted by Crippen LogP contribution is 2.31. The van der Waals surface area contributed by atoms with E-state index in [1.807, 2.05) is 6.07 Å².